The van der Waals surface area contributed by atoms with Gasteiger partial charge in [-0.1, -0.05) is 23.7 Å². The second kappa shape index (κ2) is 7.91. The van der Waals surface area contributed by atoms with Crippen molar-refractivity contribution in [3.63, 3.8) is 0 Å². The van der Waals surface area contributed by atoms with E-state index in [4.69, 9.17) is 16.3 Å². The van der Waals surface area contributed by atoms with Crippen LogP contribution >= 0.6 is 34.3 Å². The third kappa shape index (κ3) is 3.76. The van der Waals surface area contributed by atoms with Crippen molar-refractivity contribution < 1.29 is 9.53 Å². The zero-order chi connectivity index (χ0) is 19.7. The van der Waals surface area contributed by atoms with Crippen molar-refractivity contribution in [1.29, 1.82) is 0 Å². The number of amides is 1. The van der Waals surface area contributed by atoms with Gasteiger partial charge in [-0.2, -0.15) is 0 Å². The molecule has 0 atom stereocenters. The van der Waals surface area contributed by atoms with Crippen LogP contribution < -0.4 is 10.1 Å². The van der Waals surface area contributed by atoms with Gasteiger partial charge in [-0.15, -0.1) is 22.7 Å². The Hall–Kier alpha value is -2.41. The SMILES string of the molecule is COc1ccc(-c2nc(CNC(=O)c3sc4cc(C)ccc4c3Cl)cs2)cc1. The van der Waals surface area contributed by atoms with E-state index >= 15 is 0 Å². The van der Waals surface area contributed by atoms with Crippen molar-refractivity contribution in [1.82, 2.24) is 10.3 Å². The molecule has 4 aromatic rings. The molecule has 0 aliphatic rings. The van der Waals surface area contributed by atoms with E-state index in [9.17, 15) is 4.79 Å². The number of nitrogens with zero attached hydrogens (tertiary/aromatic N) is 1. The second-order valence-electron chi connectivity index (χ2n) is 6.30. The number of nitrogens with one attached hydrogen (secondary N) is 1. The van der Waals surface area contributed by atoms with Gasteiger partial charge in [0.1, 0.15) is 15.6 Å². The molecule has 0 bridgehead atoms. The summed E-state index contributed by atoms with van der Waals surface area (Å²) in [6.07, 6.45) is 0. The average molecular weight is 429 g/mol. The van der Waals surface area contributed by atoms with Gasteiger partial charge < -0.3 is 10.1 Å². The summed E-state index contributed by atoms with van der Waals surface area (Å²) in [4.78, 5) is 17.8. The van der Waals surface area contributed by atoms with E-state index in [1.54, 1.807) is 18.4 Å². The lowest BCUT2D eigenvalue weighted by atomic mass is 10.2. The van der Waals surface area contributed by atoms with Crippen LogP contribution in [0.5, 0.6) is 5.75 Å². The smallest absolute Gasteiger partial charge is 0.263 e. The third-order valence-electron chi connectivity index (χ3n) is 4.31. The minimum absolute atomic E-state index is 0.178. The number of fused-ring (bicyclic) bond motifs is 1. The molecule has 142 valence electrons. The highest BCUT2D eigenvalue weighted by Crippen LogP contribution is 2.35. The fraction of sp³-hybridized carbons (Fsp3) is 0.143. The molecule has 2 heterocycles. The summed E-state index contributed by atoms with van der Waals surface area (Å²) in [6, 6.07) is 13.8. The summed E-state index contributed by atoms with van der Waals surface area (Å²) in [5.41, 5.74) is 2.98. The summed E-state index contributed by atoms with van der Waals surface area (Å²) in [6.45, 7) is 2.38. The van der Waals surface area contributed by atoms with Crippen molar-refractivity contribution in [3.05, 3.63) is 69.0 Å². The Morgan fingerprint density at radius 1 is 1.21 bits per heavy atom. The number of thiazole rings is 1. The number of benzene rings is 2. The van der Waals surface area contributed by atoms with Crippen LogP contribution in [0.25, 0.3) is 20.7 Å². The molecular formula is C21H17ClN2O2S2. The number of carbonyl (C=O) groups is 1. The number of rotatable bonds is 5. The predicted molar refractivity (Wildman–Crippen MR) is 117 cm³/mol. The van der Waals surface area contributed by atoms with Crippen LogP contribution in [0.15, 0.2) is 47.8 Å². The Morgan fingerprint density at radius 3 is 2.75 bits per heavy atom. The van der Waals surface area contributed by atoms with Crippen LogP contribution in [0.2, 0.25) is 5.02 Å². The Morgan fingerprint density at radius 2 is 2.00 bits per heavy atom. The number of hydrogen-bond acceptors (Lipinski definition) is 5. The van der Waals surface area contributed by atoms with Crippen molar-refractivity contribution in [2.45, 2.75) is 13.5 Å². The molecule has 0 spiro atoms. The minimum atomic E-state index is -0.178. The maximum Gasteiger partial charge on any atom is 0.263 e. The first-order chi connectivity index (χ1) is 13.5. The quantitative estimate of drug-likeness (QED) is 0.429. The molecule has 4 rings (SSSR count). The predicted octanol–water partition coefficient (Wildman–Crippen LogP) is 5.93. The highest BCUT2D eigenvalue weighted by Gasteiger charge is 2.17. The lowest BCUT2D eigenvalue weighted by Gasteiger charge is -2.02. The summed E-state index contributed by atoms with van der Waals surface area (Å²) in [5, 5.41) is 7.21. The lowest BCUT2D eigenvalue weighted by molar-refractivity contribution is 0.0954. The van der Waals surface area contributed by atoms with Crippen LogP contribution in [0, 0.1) is 6.92 Å². The topological polar surface area (TPSA) is 51.2 Å². The highest BCUT2D eigenvalue weighted by atomic mass is 35.5. The van der Waals surface area contributed by atoms with Crippen LogP contribution in [0.4, 0.5) is 0 Å². The van der Waals surface area contributed by atoms with E-state index in [-0.39, 0.29) is 5.91 Å². The molecule has 28 heavy (non-hydrogen) atoms. The van der Waals surface area contributed by atoms with Gasteiger partial charge in [-0.05, 0) is 42.8 Å². The van der Waals surface area contributed by atoms with Crippen molar-refractivity contribution in [2.75, 3.05) is 7.11 Å². The van der Waals surface area contributed by atoms with Gasteiger partial charge in [0, 0.05) is 21.0 Å². The normalized spacial score (nSPS) is 11.0. The van der Waals surface area contributed by atoms with E-state index in [1.807, 2.05) is 54.8 Å². The molecule has 0 aliphatic heterocycles. The van der Waals surface area contributed by atoms with Gasteiger partial charge in [0.2, 0.25) is 0 Å². The molecule has 0 saturated carbocycles. The van der Waals surface area contributed by atoms with Gasteiger partial charge in [0.15, 0.2) is 0 Å². The van der Waals surface area contributed by atoms with E-state index in [0.717, 1.165) is 37.7 Å². The molecule has 1 amide bonds. The number of hydrogen-bond donors (Lipinski definition) is 1. The lowest BCUT2D eigenvalue weighted by Crippen LogP contribution is -2.22. The summed E-state index contributed by atoms with van der Waals surface area (Å²) in [7, 11) is 1.64. The molecule has 2 aromatic carbocycles. The maximum atomic E-state index is 12.6. The average Bonchev–Trinajstić information content (AvgIpc) is 3.31. The first-order valence-electron chi connectivity index (χ1n) is 8.61. The summed E-state index contributed by atoms with van der Waals surface area (Å²) < 4.78 is 6.20. The van der Waals surface area contributed by atoms with E-state index in [0.29, 0.717) is 16.4 Å². The molecule has 0 aliphatic carbocycles. The molecule has 7 heteroatoms. The Kier molecular flexibility index (Phi) is 5.35. The second-order valence-corrected chi connectivity index (χ2v) is 8.59. The van der Waals surface area contributed by atoms with Gasteiger partial charge in [0.05, 0.1) is 24.4 Å². The number of aromatic nitrogens is 1. The summed E-state index contributed by atoms with van der Waals surface area (Å²) >= 11 is 9.38. The van der Waals surface area contributed by atoms with Crippen LogP contribution in [-0.4, -0.2) is 18.0 Å². The van der Waals surface area contributed by atoms with Gasteiger partial charge in [-0.3, -0.25) is 4.79 Å². The van der Waals surface area contributed by atoms with Gasteiger partial charge in [0.25, 0.3) is 5.91 Å². The molecular weight excluding hydrogens is 412 g/mol. The number of carbonyl (C=O) groups excluding carboxylic acids is 1. The van der Waals surface area contributed by atoms with Crippen LogP contribution in [0.3, 0.4) is 0 Å². The van der Waals surface area contributed by atoms with Crippen LogP contribution in [0.1, 0.15) is 20.9 Å². The first-order valence-corrected chi connectivity index (χ1v) is 10.7. The molecule has 2 aromatic heterocycles. The van der Waals surface area contributed by atoms with E-state index in [2.05, 4.69) is 10.3 Å². The monoisotopic (exact) mass is 428 g/mol. The van der Waals surface area contributed by atoms with E-state index < -0.39 is 0 Å². The maximum absolute atomic E-state index is 12.6. The third-order valence-corrected chi connectivity index (χ3v) is 6.91. The molecule has 0 unspecified atom stereocenters. The number of ether oxygens (including phenoxy) is 1. The molecule has 0 saturated heterocycles. The number of aryl methyl sites for hydroxylation is 1. The Balaban J connectivity index is 1.47. The fourth-order valence-corrected chi connectivity index (χ4v) is 5.18. The molecule has 0 fully saturated rings. The minimum Gasteiger partial charge on any atom is -0.497 e. The zero-order valence-electron chi connectivity index (χ0n) is 15.3. The largest absolute Gasteiger partial charge is 0.497 e. The first kappa shape index (κ1) is 18.9. The highest BCUT2D eigenvalue weighted by molar-refractivity contribution is 7.21. The standard InChI is InChI=1S/C21H17ClN2O2S2/c1-12-3-8-16-17(9-12)28-19(18(16)22)20(25)23-10-14-11-27-21(24-14)13-4-6-15(26-2)7-5-13/h3-9,11H,10H2,1-2H3,(H,23,25). The van der Waals surface area contributed by atoms with Crippen molar-refractivity contribution in [3.8, 4) is 16.3 Å². The van der Waals surface area contributed by atoms with E-state index in [1.165, 1.54) is 11.3 Å². The Bertz CT molecular complexity index is 1150. The van der Waals surface area contributed by atoms with Crippen molar-refractivity contribution >= 4 is 50.3 Å². The van der Waals surface area contributed by atoms with Gasteiger partial charge in [-0.25, -0.2) is 4.98 Å². The zero-order valence-corrected chi connectivity index (χ0v) is 17.7. The molecule has 1 N–H and O–H groups in total. The molecule has 0 radical (unpaired) electrons. The number of halogens is 1. The van der Waals surface area contributed by atoms with Crippen LogP contribution in [-0.2, 0) is 6.54 Å². The molecule has 4 nitrogen and oxygen atoms in total. The summed E-state index contributed by atoms with van der Waals surface area (Å²) in [5.74, 6) is 0.631. The van der Waals surface area contributed by atoms with Gasteiger partial charge >= 0.3 is 0 Å². The Labute approximate surface area is 175 Å². The fourth-order valence-electron chi connectivity index (χ4n) is 2.82. The number of thiophene rings is 1. The number of methoxy groups -OCH3 is 1. The van der Waals surface area contributed by atoms with Crippen molar-refractivity contribution in [2.24, 2.45) is 0 Å².